The molecule has 0 aliphatic heterocycles. The molecule has 34 heavy (non-hydrogen) atoms. The van der Waals surface area contributed by atoms with Crippen molar-refractivity contribution in [3.8, 4) is 28.1 Å². The summed E-state index contributed by atoms with van der Waals surface area (Å²) in [5.74, 6) is 2.01. The normalized spacial score (nSPS) is 14.3. The van der Waals surface area contributed by atoms with Crippen LogP contribution in [0.2, 0.25) is 0 Å². The molecular formula is C28H32N4O2. The summed E-state index contributed by atoms with van der Waals surface area (Å²) in [6.45, 7) is 8.15. The van der Waals surface area contributed by atoms with Crippen molar-refractivity contribution in [2.45, 2.75) is 38.5 Å². The molecule has 1 saturated carbocycles. The molecule has 1 heterocycles. The molecule has 176 valence electrons. The molecule has 1 aliphatic rings. The minimum Gasteiger partial charge on any atom is -0.497 e. The van der Waals surface area contributed by atoms with Gasteiger partial charge in [0.1, 0.15) is 5.75 Å². The summed E-state index contributed by atoms with van der Waals surface area (Å²) in [4.78, 5) is 24.4. The predicted molar refractivity (Wildman–Crippen MR) is 138 cm³/mol. The first-order valence-corrected chi connectivity index (χ1v) is 12.0. The predicted octanol–water partition coefficient (Wildman–Crippen LogP) is 6.08. The molecule has 0 amide bonds. The van der Waals surface area contributed by atoms with Crippen LogP contribution in [0.4, 0.5) is 11.6 Å². The summed E-state index contributed by atoms with van der Waals surface area (Å²) in [7, 11) is 5.46. The Balaban J connectivity index is 1.81. The molecule has 0 unspecified atom stereocenters. The highest BCUT2D eigenvalue weighted by molar-refractivity contribution is 5.81. The third-order valence-electron chi connectivity index (χ3n) is 6.76. The van der Waals surface area contributed by atoms with E-state index >= 15 is 0 Å². The molecule has 6 heteroatoms. The Kier molecular flexibility index (Phi) is 7.32. The van der Waals surface area contributed by atoms with Gasteiger partial charge in [-0.05, 0) is 42.0 Å². The smallest absolute Gasteiger partial charge is 0.263 e. The summed E-state index contributed by atoms with van der Waals surface area (Å²) in [6, 6.07) is 14.8. The lowest BCUT2D eigenvalue weighted by molar-refractivity contribution is 0.415. The van der Waals surface area contributed by atoms with Gasteiger partial charge in [-0.3, -0.25) is 9.36 Å². The Labute approximate surface area is 201 Å². The number of hydrogen-bond acceptors (Lipinski definition) is 4. The van der Waals surface area contributed by atoms with E-state index in [1.54, 1.807) is 30.9 Å². The van der Waals surface area contributed by atoms with Crippen molar-refractivity contribution in [3.63, 3.8) is 0 Å². The summed E-state index contributed by atoms with van der Waals surface area (Å²) in [5.41, 5.74) is 3.26. The maximum absolute atomic E-state index is 13.7. The van der Waals surface area contributed by atoms with Gasteiger partial charge in [-0.2, -0.15) is 0 Å². The van der Waals surface area contributed by atoms with Crippen molar-refractivity contribution in [1.29, 1.82) is 0 Å². The van der Waals surface area contributed by atoms with E-state index in [0.29, 0.717) is 28.8 Å². The Morgan fingerprint density at radius 1 is 1.03 bits per heavy atom. The second-order valence-electron chi connectivity index (χ2n) is 9.12. The fraction of sp³-hybridized carbons (Fsp3) is 0.393. The molecule has 0 radical (unpaired) electrons. The third-order valence-corrected chi connectivity index (χ3v) is 6.76. The van der Waals surface area contributed by atoms with Crippen LogP contribution in [0.15, 0.2) is 53.3 Å². The quantitative estimate of drug-likeness (QED) is 0.333. The molecule has 3 aromatic rings. The zero-order valence-corrected chi connectivity index (χ0v) is 20.3. The van der Waals surface area contributed by atoms with Gasteiger partial charge in [-0.15, -0.1) is 0 Å². The van der Waals surface area contributed by atoms with Crippen molar-refractivity contribution in [1.82, 2.24) is 9.55 Å². The molecule has 0 saturated heterocycles. The van der Waals surface area contributed by atoms with Crippen molar-refractivity contribution in [3.05, 3.63) is 70.3 Å². The first-order valence-electron chi connectivity index (χ1n) is 12.0. The topological polar surface area (TPSA) is 51.7 Å². The van der Waals surface area contributed by atoms with Crippen molar-refractivity contribution >= 4 is 11.6 Å². The van der Waals surface area contributed by atoms with Crippen molar-refractivity contribution in [2.24, 2.45) is 13.0 Å². The highest BCUT2D eigenvalue weighted by Crippen LogP contribution is 2.32. The van der Waals surface area contributed by atoms with E-state index in [1.807, 2.05) is 43.4 Å². The summed E-state index contributed by atoms with van der Waals surface area (Å²) < 4.78 is 6.96. The van der Waals surface area contributed by atoms with Gasteiger partial charge < -0.3 is 9.64 Å². The Bertz CT molecular complexity index is 1220. The van der Waals surface area contributed by atoms with Gasteiger partial charge in [-0.25, -0.2) is 9.83 Å². The largest absolute Gasteiger partial charge is 0.497 e. The van der Waals surface area contributed by atoms with E-state index in [2.05, 4.69) is 9.74 Å². The maximum atomic E-state index is 13.7. The molecule has 0 atom stereocenters. The molecule has 2 aromatic carbocycles. The van der Waals surface area contributed by atoms with E-state index in [1.165, 1.54) is 38.5 Å². The van der Waals surface area contributed by atoms with Crippen LogP contribution in [0.5, 0.6) is 5.75 Å². The second-order valence-corrected chi connectivity index (χ2v) is 9.12. The van der Waals surface area contributed by atoms with Crippen molar-refractivity contribution < 1.29 is 4.74 Å². The van der Waals surface area contributed by atoms with Crippen molar-refractivity contribution in [2.75, 3.05) is 25.6 Å². The molecule has 1 fully saturated rings. The maximum Gasteiger partial charge on any atom is 0.263 e. The molecule has 0 N–H and O–H groups in total. The van der Waals surface area contributed by atoms with E-state index in [-0.39, 0.29) is 5.56 Å². The number of methoxy groups -OCH3 is 1. The van der Waals surface area contributed by atoms with E-state index in [0.717, 1.165) is 23.4 Å². The number of rotatable bonds is 6. The highest BCUT2D eigenvalue weighted by Gasteiger charge is 2.22. The van der Waals surface area contributed by atoms with Crippen LogP contribution in [-0.4, -0.2) is 30.3 Å². The van der Waals surface area contributed by atoms with Gasteiger partial charge in [0.25, 0.3) is 5.56 Å². The van der Waals surface area contributed by atoms with Crippen LogP contribution in [0, 0.1) is 12.5 Å². The Morgan fingerprint density at radius 2 is 1.65 bits per heavy atom. The number of aromatic nitrogens is 2. The highest BCUT2D eigenvalue weighted by atomic mass is 16.5. The van der Waals surface area contributed by atoms with Crippen LogP contribution >= 0.6 is 0 Å². The summed E-state index contributed by atoms with van der Waals surface area (Å²) in [6.07, 6.45) is 7.65. The van der Waals surface area contributed by atoms with Crippen LogP contribution in [0.25, 0.3) is 27.2 Å². The standard InChI is InChI=1S/C28H32N4O2/c1-29-23-15-11-22(12-16-23)26-25(21-13-17-24(34-4)18-14-21)27(33)32(3)28(30-26)31(2)19-20-9-7-5-6-8-10-20/h11-18,20H,5-10,19H2,2-4H3. The summed E-state index contributed by atoms with van der Waals surface area (Å²) >= 11 is 0. The van der Waals surface area contributed by atoms with Crippen LogP contribution in [-0.2, 0) is 7.05 Å². The van der Waals surface area contributed by atoms with Crippen LogP contribution in [0.1, 0.15) is 38.5 Å². The number of anilines is 1. The molecule has 6 nitrogen and oxygen atoms in total. The van der Waals surface area contributed by atoms with E-state index in [4.69, 9.17) is 16.3 Å². The van der Waals surface area contributed by atoms with Gasteiger partial charge in [0.15, 0.2) is 5.69 Å². The Hall–Kier alpha value is -3.59. The van der Waals surface area contributed by atoms with Crippen LogP contribution in [0.3, 0.4) is 0 Å². The first kappa shape index (κ1) is 23.6. The molecule has 1 aromatic heterocycles. The zero-order valence-electron chi connectivity index (χ0n) is 20.3. The number of benzene rings is 2. The monoisotopic (exact) mass is 456 g/mol. The minimum atomic E-state index is -0.0906. The average molecular weight is 457 g/mol. The lowest BCUT2D eigenvalue weighted by Crippen LogP contribution is -2.33. The number of hydrogen-bond donors (Lipinski definition) is 0. The number of ether oxygens (including phenoxy) is 1. The lowest BCUT2D eigenvalue weighted by atomic mass is 9.99. The van der Waals surface area contributed by atoms with Gasteiger partial charge >= 0.3 is 0 Å². The molecule has 0 spiro atoms. The molecule has 1 aliphatic carbocycles. The molecular weight excluding hydrogens is 424 g/mol. The fourth-order valence-corrected chi connectivity index (χ4v) is 4.87. The zero-order chi connectivity index (χ0) is 24.1. The molecule has 0 bridgehead atoms. The van der Waals surface area contributed by atoms with Gasteiger partial charge in [0.05, 0.1) is 24.9 Å². The number of nitrogens with zero attached hydrogens (tertiary/aromatic N) is 4. The molecule has 4 rings (SSSR count). The van der Waals surface area contributed by atoms with Gasteiger partial charge in [0.2, 0.25) is 5.95 Å². The average Bonchev–Trinajstić information content (AvgIpc) is 3.14. The first-order chi connectivity index (χ1) is 16.5. The summed E-state index contributed by atoms with van der Waals surface area (Å²) in [5, 5.41) is 0. The van der Waals surface area contributed by atoms with E-state index < -0.39 is 0 Å². The second kappa shape index (κ2) is 10.6. The lowest BCUT2D eigenvalue weighted by Gasteiger charge is -2.26. The third kappa shape index (κ3) is 4.99. The SMILES string of the molecule is [C-]#[N+]c1ccc(-c2nc(N(C)CC3CCCCCC3)n(C)c(=O)c2-c2ccc(OC)cc2)cc1. The minimum absolute atomic E-state index is 0.0906. The fourth-order valence-electron chi connectivity index (χ4n) is 4.87. The van der Waals surface area contributed by atoms with E-state index in [9.17, 15) is 4.79 Å². The Morgan fingerprint density at radius 3 is 2.24 bits per heavy atom. The van der Waals surface area contributed by atoms with Crippen LogP contribution < -0.4 is 15.2 Å². The van der Waals surface area contributed by atoms with Gasteiger partial charge in [0, 0.05) is 20.6 Å². The van der Waals surface area contributed by atoms with Gasteiger partial charge in [-0.1, -0.05) is 62.1 Å².